The van der Waals surface area contributed by atoms with E-state index in [-0.39, 0.29) is 12.2 Å². The minimum Gasteiger partial charge on any atom is -0.493 e. The summed E-state index contributed by atoms with van der Waals surface area (Å²) < 4.78 is 10.5. The molecule has 124 valence electrons. The van der Waals surface area contributed by atoms with Crippen molar-refractivity contribution in [2.45, 2.75) is 0 Å². The number of hydrogen-bond acceptors (Lipinski definition) is 5. The fourth-order valence-electron chi connectivity index (χ4n) is 1.95. The SMILES string of the molecule is COc1cc(C=O)ccc1OCC(=O)Nc1cccc(C(=O)O)c1. The van der Waals surface area contributed by atoms with Crippen LogP contribution in [0.1, 0.15) is 20.7 Å². The lowest BCUT2D eigenvalue weighted by Gasteiger charge is -2.11. The maximum atomic E-state index is 11.9. The monoisotopic (exact) mass is 329 g/mol. The smallest absolute Gasteiger partial charge is 0.335 e. The number of nitrogens with one attached hydrogen (secondary N) is 1. The molecular weight excluding hydrogens is 314 g/mol. The van der Waals surface area contributed by atoms with Gasteiger partial charge in [0.1, 0.15) is 6.29 Å². The molecule has 7 nitrogen and oxygen atoms in total. The van der Waals surface area contributed by atoms with Gasteiger partial charge in [0.2, 0.25) is 0 Å². The number of carbonyl (C=O) groups is 3. The molecule has 0 saturated carbocycles. The molecule has 7 heteroatoms. The van der Waals surface area contributed by atoms with Gasteiger partial charge in [-0.05, 0) is 36.4 Å². The molecular formula is C17H15NO6. The van der Waals surface area contributed by atoms with Gasteiger partial charge in [-0.1, -0.05) is 6.07 Å². The average Bonchev–Trinajstić information content (AvgIpc) is 2.60. The summed E-state index contributed by atoms with van der Waals surface area (Å²) in [5.41, 5.74) is 0.848. The van der Waals surface area contributed by atoms with Gasteiger partial charge in [-0.2, -0.15) is 0 Å². The molecule has 1 amide bonds. The number of amides is 1. The largest absolute Gasteiger partial charge is 0.493 e. The number of carboxylic acids is 1. The zero-order valence-corrected chi connectivity index (χ0v) is 12.8. The maximum absolute atomic E-state index is 11.9. The molecule has 0 saturated heterocycles. The topological polar surface area (TPSA) is 102 Å². The summed E-state index contributed by atoms with van der Waals surface area (Å²) in [5.74, 6) is -0.890. The first-order chi connectivity index (χ1) is 11.5. The van der Waals surface area contributed by atoms with Crippen LogP contribution in [0.5, 0.6) is 11.5 Å². The Bertz CT molecular complexity index is 771. The molecule has 2 aromatic carbocycles. The van der Waals surface area contributed by atoms with E-state index in [1.807, 2.05) is 0 Å². The lowest BCUT2D eigenvalue weighted by Crippen LogP contribution is -2.20. The summed E-state index contributed by atoms with van der Waals surface area (Å²) in [6, 6.07) is 10.4. The van der Waals surface area contributed by atoms with Crippen molar-refractivity contribution in [3.05, 3.63) is 53.6 Å². The van der Waals surface area contributed by atoms with Crippen LogP contribution in [0.2, 0.25) is 0 Å². The van der Waals surface area contributed by atoms with Crippen LogP contribution in [-0.4, -0.2) is 37.0 Å². The van der Waals surface area contributed by atoms with Crippen LogP contribution in [-0.2, 0) is 4.79 Å². The molecule has 0 aliphatic heterocycles. The number of benzene rings is 2. The first kappa shape index (κ1) is 17.0. The van der Waals surface area contributed by atoms with Gasteiger partial charge in [0.25, 0.3) is 5.91 Å². The molecule has 0 heterocycles. The highest BCUT2D eigenvalue weighted by atomic mass is 16.5. The van der Waals surface area contributed by atoms with Crippen molar-refractivity contribution in [1.29, 1.82) is 0 Å². The van der Waals surface area contributed by atoms with E-state index in [9.17, 15) is 14.4 Å². The van der Waals surface area contributed by atoms with Crippen molar-refractivity contribution in [1.82, 2.24) is 0 Å². The number of anilines is 1. The predicted octanol–water partition coefficient (Wildman–Crippen LogP) is 2.22. The van der Waals surface area contributed by atoms with Crippen LogP contribution < -0.4 is 14.8 Å². The summed E-state index contributed by atoms with van der Waals surface area (Å²) in [6.07, 6.45) is 0.675. The summed E-state index contributed by atoms with van der Waals surface area (Å²) in [4.78, 5) is 33.5. The van der Waals surface area contributed by atoms with Gasteiger partial charge < -0.3 is 19.9 Å². The van der Waals surface area contributed by atoms with Crippen molar-refractivity contribution >= 4 is 23.9 Å². The van der Waals surface area contributed by atoms with Gasteiger partial charge in [-0.25, -0.2) is 4.79 Å². The number of ether oxygens (including phenoxy) is 2. The van der Waals surface area contributed by atoms with E-state index in [4.69, 9.17) is 14.6 Å². The zero-order valence-electron chi connectivity index (χ0n) is 12.8. The van der Waals surface area contributed by atoms with E-state index < -0.39 is 11.9 Å². The van der Waals surface area contributed by atoms with Gasteiger partial charge in [-0.3, -0.25) is 9.59 Å². The summed E-state index contributed by atoms with van der Waals surface area (Å²) in [7, 11) is 1.42. The fraction of sp³-hybridized carbons (Fsp3) is 0.118. The van der Waals surface area contributed by atoms with Gasteiger partial charge in [0.15, 0.2) is 18.1 Å². The Balaban J connectivity index is 2.00. The number of rotatable bonds is 7. The molecule has 24 heavy (non-hydrogen) atoms. The van der Waals surface area contributed by atoms with Crippen molar-refractivity contribution in [2.75, 3.05) is 19.0 Å². The van der Waals surface area contributed by atoms with E-state index >= 15 is 0 Å². The van der Waals surface area contributed by atoms with Gasteiger partial charge in [0.05, 0.1) is 12.7 Å². The Morgan fingerprint density at radius 1 is 1.17 bits per heavy atom. The Labute approximate surface area is 137 Å². The van der Waals surface area contributed by atoms with Gasteiger partial charge >= 0.3 is 5.97 Å². The summed E-state index contributed by atoms with van der Waals surface area (Å²) >= 11 is 0. The van der Waals surface area contributed by atoms with E-state index in [1.165, 1.54) is 37.4 Å². The van der Waals surface area contributed by atoms with E-state index in [0.29, 0.717) is 29.0 Å². The average molecular weight is 329 g/mol. The van der Waals surface area contributed by atoms with E-state index in [2.05, 4.69) is 5.32 Å². The molecule has 0 unspecified atom stereocenters. The number of carbonyl (C=O) groups excluding carboxylic acids is 2. The molecule has 2 rings (SSSR count). The van der Waals surface area contributed by atoms with Crippen molar-refractivity contribution in [3.8, 4) is 11.5 Å². The standard InChI is InChI=1S/C17H15NO6/c1-23-15-7-11(9-19)5-6-14(15)24-10-16(20)18-13-4-2-3-12(8-13)17(21)22/h2-9H,10H2,1H3,(H,18,20)(H,21,22). The van der Waals surface area contributed by atoms with Crippen LogP contribution in [0, 0.1) is 0 Å². The first-order valence-electron chi connectivity index (χ1n) is 6.92. The van der Waals surface area contributed by atoms with Crippen molar-refractivity contribution in [2.24, 2.45) is 0 Å². The Morgan fingerprint density at radius 3 is 2.62 bits per heavy atom. The van der Waals surface area contributed by atoms with Crippen LogP contribution in [0.25, 0.3) is 0 Å². The molecule has 0 aliphatic carbocycles. The molecule has 0 aromatic heterocycles. The van der Waals surface area contributed by atoms with E-state index in [1.54, 1.807) is 12.1 Å². The minimum absolute atomic E-state index is 0.0693. The number of carboxylic acid groups (broad SMARTS) is 1. The molecule has 2 aromatic rings. The van der Waals surface area contributed by atoms with Crippen molar-refractivity contribution in [3.63, 3.8) is 0 Å². The molecule has 0 radical (unpaired) electrons. The highest BCUT2D eigenvalue weighted by Crippen LogP contribution is 2.27. The molecule has 0 atom stereocenters. The summed E-state index contributed by atoms with van der Waals surface area (Å²) in [6.45, 7) is -0.298. The Hall–Kier alpha value is -3.35. The van der Waals surface area contributed by atoms with Crippen LogP contribution in [0.3, 0.4) is 0 Å². The molecule has 0 spiro atoms. The fourth-order valence-corrected chi connectivity index (χ4v) is 1.95. The number of aldehydes is 1. The first-order valence-corrected chi connectivity index (χ1v) is 6.92. The van der Waals surface area contributed by atoms with Crippen molar-refractivity contribution < 1.29 is 29.0 Å². The van der Waals surface area contributed by atoms with Crippen LogP contribution in [0.4, 0.5) is 5.69 Å². The van der Waals surface area contributed by atoms with E-state index in [0.717, 1.165) is 0 Å². The third-order valence-corrected chi connectivity index (χ3v) is 3.08. The van der Waals surface area contributed by atoms with Gasteiger partial charge in [0, 0.05) is 11.3 Å². The minimum atomic E-state index is -1.08. The third-order valence-electron chi connectivity index (χ3n) is 3.08. The highest BCUT2D eigenvalue weighted by Gasteiger charge is 2.10. The number of aromatic carboxylic acids is 1. The predicted molar refractivity (Wildman–Crippen MR) is 85.9 cm³/mol. The van der Waals surface area contributed by atoms with Crippen LogP contribution in [0.15, 0.2) is 42.5 Å². The number of hydrogen-bond donors (Lipinski definition) is 2. The lowest BCUT2D eigenvalue weighted by molar-refractivity contribution is -0.118. The molecule has 0 bridgehead atoms. The second kappa shape index (κ2) is 7.77. The Kier molecular flexibility index (Phi) is 5.51. The maximum Gasteiger partial charge on any atom is 0.335 e. The van der Waals surface area contributed by atoms with Crippen LogP contribution >= 0.6 is 0 Å². The highest BCUT2D eigenvalue weighted by molar-refractivity contribution is 5.94. The summed E-state index contributed by atoms with van der Waals surface area (Å²) in [5, 5.41) is 11.5. The van der Waals surface area contributed by atoms with Gasteiger partial charge in [-0.15, -0.1) is 0 Å². The Morgan fingerprint density at radius 2 is 1.96 bits per heavy atom. The molecule has 0 fully saturated rings. The number of methoxy groups -OCH3 is 1. The quantitative estimate of drug-likeness (QED) is 0.755. The molecule has 0 aliphatic rings. The normalized spacial score (nSPS) is 9.88. The zero-order chi connectivity index (χ0) is 17.5. The second-order valence-electron chi connectivity index (χ2n) is 4.75. The molecule has 2 N–H and O–H groups in total. The second-order valence-corrected chi connectivity index (χ2v) is 4.75. The lowest BCUT2D eigenvalue weighted by atomic mass is 10.2. The third kappa shape index (κ3) is 4.33.